The van der Waals surface area contributed by atoms with Crippen LogP contribution in [0.4, 0.5) is 26.3 Å². The highest BCUT2D eigenvalue weighted by Crippen LogP contribution is 2.37. The Morgan fingerprint density at radius 3 is 1.44 bits per heavy atom. The van der Waals surface area contributed by atoms with E-state index in [-0.39, 0.29) is 52.2 Å². The molecule has 10 aromatic rings. The van der Waals surface area contributed by atoms with Crippen LogP contribution < -0.4 is 15.2 Å². The Labute approximate surface area is 519 Å². The van der Waals surface area contributed by atoms with E-state index in [1.54, 1.807) is 30.9 Å². The lowest BCUT2D eigenvalue weighted by Gasteiger charge is -2.32. The van der Waals surface area contributed by atoms with Crippen LogP contribution in [0.15, 0.2) is 149 Å². The van der Waals surface area contributed by atoms with E-state index >= 15 is 0 Å². The molecule has 0 atom stereocenters. The standard InChI is InChI=1S/C28H25F3N6OS.C19H11BrF3N3OS.C15H26BN3O2/c29-28(30,31)23-6-7-25-24(13-23)37(27(38)39-25)17-19-4-3-5-20(12-19)26-32-14-21(15-33-26)22-16-34-36(18-22)11-10-35-8-1-2-9-35;20-14-8-24-17(25-9-14)12-3-1-2-11(6-12)10-26-15-7-13(19(21,22)23)4-5-16(15)28-18(26)27;1-14(2)15(3,4)21-16(20-14)13-11-17-19(12-13)10-9-18-7-5-6-8-18/h3-7,12-16,18H,1-2,8-11,17H2;1-9H,10H2;11-12H,5-10H2,1-4H3. The summed E-state index contributed by atoms with van der Waals surface area (Å²) < 4.78 is 99.5. The number of hydrogen-bond donors (Lipinski definition) is 0. The molecule has 9 heterocycles. The van der Waals surface area contributed by atoms with Gasteiger partial charge in [-0.1, -0.05) is 59.1 Å². The Hall–Kier alpha value is -7.20. The summed E-state index contributed by atoms with van der Waals surface area (Å²) in [4.78, 5) is 46.9. The van der Waals surface area contributed by atoms with Gasteiger partial charge in [-0.25, -0.2) is 19.9 Å². The third-order valence-electron chi connectivity index (χ3n) is 16.1. The molecule has 0 amide bonds. The van der Waals surface area contributed by atoms with E-state index in [1.807, 2.05) is 70.4 Å². The maximum atomic E-state index is 13.2. The number of alkyl halides is 6. The first-order valence-corrected chi connectivity index (χ1v) is 31.2. The van der Waals surface area contributed by atoms with Crippen molar-refractivity contribution in [3.8, 4) is 33.9 Å². The first kappa shape index (κ1) is 62.4. The lowest BCUT2D eigenvalue weighted by molar-refractivity contribution is -0.138. The van der Waals surface area contributed by atoms with E-state index in [1.165, 1.54) is 60.0 Å². The van der Waals surface area contributed by atoms with Crippen molar-refractivity contribution in [3.63, 3.8) is 0 Å². The number of aromatic nitrogens is 10. The predicted molar refractivity (Wildman–Crippen MR) is 334 cm³/mol. The highest BCUT2D eigenvalue weighted by molar-refractivity contribution is 9.10. The quantitative estimate of drug-likeness (QED) is 0.0751. The third-order valence-corrected chi connectivity index (χ3v) is 18.5. The number of thiazole rings is 2. The Morgan fingerprint density at radius 2 is 0.977 bits per heavy atom. The molecule has 4 aromatic carbocycles. The summed E-state index contributed by atoms with van der Waals surface area (Å²) in [6, 6.07) is 21.4. The normalized spacial score (nSPS) is 16.1. The van der Waals surface area contributed by atoms with Gasteiger partial charge in [0.2, 0.25) is 0 Å². The Morgan fingerprint density at radius 1 is 0.534 bits per heavy atom. The SMILES string of the molecule is CC1(C)OB(c2cnn(CCN3CCCC3)c2)OC1(C)C.O=c1sc2ccc(C(F)(F)F)cc2n1Cc1cccc(-c2ncc(-c3cnn(CCN4CCCC4)c3)cn2)c1.O=c1sc2ccc(C(F)(F)F)cc2n1Cc1cccc(-c2ncc(Br)cn2)c1. The van der Waals surface area contributed by atoms with Crippen LogP contribution in [0.5, 0.6) is 0 Å². The van der Waals surface area contributed by atoms with Crippen LogP contribution in [0.3, 0.4) is 0 Å². The van der Waals surface area contributed by atoms with Gasteiger partial charge in [0.15, 0.2) is 11.6 Å². The molecule has 0 spiro atoms. The third kappa shape index (κ3) is 14.8. The summed E-state index contributed by atoms with van der Waals surface area (Å²) in [5, 5.41) is 8.92. The monoisotopic (exact) mass is 1310 g/mol. The van der Waals surface area contributed by atoms with E-state index < -0.39 is 23.5 Å². The van der Waals surface area contributed by atoms with Gasteiger partial charge in [0.1, 0.15) is 0 Å². The van der Waals surface area contributed by atoms with Gasteiger partial charge < -0.3 is 19.1 Å². The van der Waals surface area contributed by atoms with E-state index in [0.717, 1.165) is 130 Å². The first-order valence-electron chi connectivity index (χ1n) is 28.8. The summed E-state index contributed by atoms with van der Waals surface area (Å²) in [5.74, 6) is 1.04. The maximum Gasteiger partial charge on any atom is 0.498 e. The smallest absolute Gasteiger partial charge is 0.399 e. The Balaban J connectivity index is 0.000000144. The minimum Gasteiger partial charge on any atom is -0.399 e. The molecule has 6 aromatic heterocycles. The number of rotatable bonds is 14. The molecule has 3 fully saturated rings. The van der Waals surface area contributed by atoms with Crippen LogP contribution in [0.25, 0.3) is 54.3 Å². The van der Waals surface area contributed by atoms with Gasteiger partial charge in [-0.2, -0.15) is 36.5 Å². The lowest BCUT2D eigenvalue weighted by Crippen LogP contribution is -2.41. The van der Waals surface area contributed by atoms with E-state index in [9.17, 15) is 35.9 Å². The maximum absolute atomic E-state index is 13.2. The van der Waals surface area contributed by atoms with Gasteiger partial charge in [-0.15, -0.1) is 0 Å². The van der Waals surface area contributed by atoms with Crippen molar-refractivity contribution in [3.05, 3.63) is 181 Å². The van der Waals surface area contributed by atoms with Gasteiger partial charge in [0, 0.05) is 84.2 Å². The van der Waals surface area contributed by atoms with Gasteiger partial charge in [-0.3, -0.25) is 28.1 Å². The van der Waals surface area contributed by atoms with E-state index in [0.29, 0.717) is 21.0 Å². The fraction of sp³-hybridized carbons (Fsp3) is 0.355. The molecule has 458 valence electrons. The average Bonchev–Trinajstić information content (AvgIpc) is 3.53. The minimum absolute atomic E-state index is 0.142. The van der Waals surface area contributed by atoms with Gasteiger partial charge in [0.25, 0.3) is 0 Å². The molecule has 26 heteroatoms. The van der Waals surface area contributed by atoms with Crippen molar-refractivity contribution in [2.75, 3.05) is 39.3 Å². The zero-order chi connectivity index (χ0) is 62.0. The lowest BCUT2D eigenvalue weighted by atomic mass is 9.82. The van der Waals surface area contributed by atoms with Crippen LogP contribution in [0.1, 0.15) is 75.6 Å². The van der Waals surface area contributed by atoms with E-state index in [2.05, 4.69) is 89.8 Å². The molecule has 0 saturated carbocycles. The molecule has 16 nitrogen and oxygen atoms in total. The molecule has 0 unspecified atom stereocenters. The number of hydrogen-bond acceptors (Lipinski definition) is 14. The fourth-order valence-electron chi connectivity index (χ4n) is 10.6. The molecule has 0 N–H and O–H groups in total. The minimum atomic E-state index is -4.48. The second-order valence-corrected chi connectivity index (χ2v) is 25.8. The Kier molecular flexibility index (Phi) is 18.5. The predicted octanol–water partition coefficient (Wildman–Crippen LogP) is 12.2. The van der Waals surface area contributed by atoms with E-state index in [4.69, 9.17) is 9.31 Å². The molecule has 0 bridgehead atoms. The molecule has 0 radical (unpaired) electrons. The highest BCUT2D eigenvalue weighted by Gasteiger charge is 2.52. The molecular weight excluding hydrogens is 1250 g/mol. The zero-order valence-electron chi connectivity index (χ0n) is 48.6. The van der Waals surface area contributed by atoms with Crippen molar-refractivity contribution in [1.82, 2.24) is 58.4 Å². The number of likely N-dealkylation sites (tertiary alicyclic amines) is 2. The molecule has 3 saturated heterocycles. The molecule has 3 aliphatic heterocycles. The van der Waals surface area contributed by atoms with Crippen molar-refractivity contribution in [2.24, 2.45) is 0 Å². The van der Waals surface area contributed by atoms with Crippen molar-refractivity contribution < 1.29 is 35.7 Å². The number of nitrogens with zero attached hydrogens (tertiary/aromatic N) is 12. The zero-order valence-corrected chi connectivity index (χ0v) is 51.9. The summed E-state index contributed by atoms with van der Waals surface area (Å²) in [6.45, 7) is 17.2. The van der Waals surface area contributed by atoms with Gasteiger partial charge >= 0.3 is 29.2 Å². The van der Waals surface area contributed by atoms with Crippen molar-refractivity contribution in [1.29, 1.82) is 0 Å². The summed E-state index contributed by atoms with van der Waals surface area (Å²) in [7, 11) is -0.310. The second kappa shape index (κ2) is 26.1. The highest BCUT2D eigenvalue weighted by atomic mass is 79.9. The molecule has 3 aliphatic rings. The van der Waals surface area contributed by atoms with Crippen molar-refractivity contribution >= 4 is 71.6 Å². The molecular formula is C62H62BBrF6N12O4S2. The molecule has 0 aliphatic carbocycles. The Bertz CT molecular complexity index is 4150. The van der Waals surface area contributed by atoms with Gasteiger partial charge in [-0.05, 0) is 155 Å². The number of halogens is 7. The number of fused-ring (bicyclic) bond motifs is 2. The molecule has 13 rings (SSSR count). The van der Waals surface area contributed by atoms with Crippen LogP contribution in [-0.4, -0.2) is 116 Å². The summed E-state index contributed by atoms with van der Waals surface area (Å²) in [6.07, 6.45) is 10.8. The van der Waals surface area contributed by atoms with Crippen LogP contribution in [-0.2, 0) is 47.8 Å². The largest absolute Gasteiger partial charge is 0.498 e. The van der Waals surface area contributed by atoms with Gasteiger partial charge in [0.05, 0.1) is 79.6 Å². The van der Waals surface area contributed by atoms with Crippen LogP contribution in [0, 0.1) is 0 Å². The fourth-order valence-corrected chi connectivity index (χ4v) is 12.5. The van der Waals surface area contributed by atoms with Crippen LogP contribution in [0.2, 0.25) is 0 Å². The average molecular weight is 1310 g/mol. The second-order valence-electron chi connectivity index (χ2n) is 22.9. The van der Waals surface area contributed by atoms with Crippen LogP contribution >= 0.6 is 38.6 Å². The number of benzene rings is 4. The molecule has 88 heavy (non-hydrogen) atoms. The first-order chi connectivity index (χ1) is 42.0. The summed E-state index contributed by atoms with van der Waals surface area (Å²) >= 11 is 5.15. The topological polar surface area (TPSA) is 156 Å². The summed E-state index contributed by atoms with van der Waals surface area (Å²) in [5.41, 5.74) is 4.25. The van der Waals surface area contributed by atoms with Crippen molar-refractivity contribution in [2.45, 2.75) is 103 Å².